The van der Waals surface area contributed by atoms with E-state index in [0.717, 1.165) is 42.9 Å². The lowest BCUT2D eigenvalue weighted by Crippen LogP contribution is -2.45. The Kier molecular flexibility index (Phi) is 2.60. The van der Waals surface area contributed by atoms with E-state index in [1.54, 1.807) is 0 Å². The Labute approximate surface area is 101 Å². The molecule has 0 amide bonds. The molecule has 2 heterocycles. The largest absolute Gasteiger partial charge is 0.487 e. The highest BCUT2D eigenvalue weighted by Gasteiger charge is 2.41. The number of aliphatic hydroxyl groups is 1. The van der Waals surface area contributed by atoms with Crippen LogP contribution < -0.4 is 4.74 Å². The standard InChI is InChI=1S/C14H18O3/c1-10-2-3-13-11(8-10)12(15)9-14(17-13)4-6-16-7-5-14/h2-3,8,12,15H,4-7,9H2,1H3. The molecule has 92 valence electrons. The van der Waals surface area contributed by atoms with E-state index in [4.69, 9.17) is 9.47 Å². The summed E-state index contributed by atoms with van der Waals surface area (Å²) in [6.07, 6.45) is 2.03. The molecule has 1 saturated heterocycles. The zero-order valence-corrected chi connectivity index (χ0v) is 10.1. The molecule has 1 atom stereocenters. The van der Waals surface area contributed by atoms with Crippen molar-refractivity contribution in [3.05, 3.63) is 29.3 Å². The minimum absolute atomic E-state index is 0.208. The van der Waals surface area contributed by atoms with Gasteiger partial charge in [0.15, 0.2) is 0 Å². The second kappa shape index (κ2) is 4.00. The van der Waals surface area contributed by atoms with Crippen LogP contribution in [0, 0.1) is 6.92 Å². The van der Waals surface area contributed by atoms with Gasteiger partial charge in [0.2, 0.25) is 0 Å². The maximum Gasteiger partial charge on any atom is 0.125 e. The molecule has 3 nitrogen and oxygen atoms in total. The van der Waals surface area contributed by atoms with Crippen LogP contribution >= 0.6 is 0 Å². The normalized spacial score (nSPS) is 26.4. The van der Waals surface area contributed by atoms with Gasteiger partial charge in [0.25, 0.3) is 0 Å². The second-order valence-corrected chi connectivity index (χ2v) is 5.16. The van der Waals surface area contributed by atoms with E-state index in [0.29, 0.717) is 6.42 Å². The van der Waals surface area contributed by atoms with Crippen LogP contribution in [0.25, 0.3) is 0 Å². The highest BCUT2D eigenvalue weighted by Crippen LogP contribution is 2.44. The molecular formula is C14H18O3. The Morgan fingerprint density at radius 1 is 1.29 bits per heavy atom. The lowest BCUT2D eigenvalue weighted by atomic mass is 9.83. The van der Waals surface area contributed by atoms with Gasteiger partial charge in [0.05, 0.1) is 19.3 Å². The smallest absolute Gasteiger partial charge is 0.125 e. The first kappa shape index (κ1) is 11.1. The van der Waals surface area contributed by atoms with E-state index in [1.807, 2.05) is 25.1 Å². The highest BCUT2D eigenvalue weighted by atomic mass is 16.5. The zero-order chi connectivity index (χ0) is 11.9. The van der Waals surface area contributed by atoms with Gasteiger partial charge in [-0.3, -0.25) is 0 Å². The van der Waals surface area contributed by atoms with Gasteiger partial charge >= 0.3 is 0 Å². The third-order valence-corrected chi connectivity index (χ3v) is 3.82. The molecule has 1 unspecified atom stereocenters. The Bertz CT molecular complexity index is 421. The number of hydrogen-bond acceptors (Lipinski definition) is 3. The number of benzene rings is 1. The Morgan fingerprint density at radius 3 is 2.82 bits per heavy atom. The van der Waals surface area contributed by atoms with Crippen molar-refractivity contribution in [1.29, 1.82) is 0 Å². The van der Waals surface area contributed by atoms with Crippen LogP contribution in [0.5, 0.6) is 5.75 Å². The fourth-order valence-corrected chi connectivity index (χ4v) is 2.81. The molecular weight excluding hydrogens is 216 g/mol. The van der Waals surface area contributed by atoms with Crippen molar-refractivity contribution in [1.82, 2.24) is 0 Å². The van der Waals surface area contributed by atoms with E-state index in [1.165, 1.54) is 0 Å². The lowest BCUT2D eigenvalue weighted by Gasteiger charge is -2.43. The topological polar surface area (TPSA) is 38.7 Å². The molecule has 17 heavy (non-hydrogen) atoms. The van der Waals surface area contributed by atoms with Crippen molar-refractivity contribution < 1.29 is 14.6 Å². The van der Waals surface area contributed by atoms with Gasteiger partial charge in [-0.15, -0.1) is 0 Å². The summed E-state index contributed by atoms with van der Waals surface area (Å²) in [7, 11) is 0. The van der Waals surface area contributed by atoms with Gasteiger partial charge < -0.3 is 14.6 Å². The van der Waals surface area contributed by atoms with Crippen LogP contribution in [0.2, 0.25) is 0 Å². The third-order valence-electron chi connectivity index (χ3n) is 3.82. The van der Waals surface area contributed by atoms with E-state index in [-0.39, 0.29) is 5.60 Å². The molecule has 2 aliphatic heterocycles. The first-order chi connectivity index (χ1) is 8.19. The van der Waals surface area contributed by atoms with Crippen molar-refractivity contribution in [2.24, 2.45) is 0 Å². The fraction of sp³-hybridized carbons (Fsp3) is 0.571. The van der Waals surface area contributed by atoms with Crippen LogP contribution in [0.1, 0.15) is 36.5 Å². The monoisotopic (exact) mass is 234 g/mol. The maximum atomic E-state index is 10.3. The summed E-state index contributed by atoms with van der Waals surface area (Å²) in [5.74, 6) is 0.844. The van der Waals surface area contributed by atoms with Crippen LogP contribution in [-0.4, -0.2) is 23.9 Å². The molecule has 2 aliphatic rings. The number of rotatable bonds is 0. The van der Waals surface area contributed by atoms with Crippen molar-refractivity contribution >= 4 is 0 Å². The molecule has 0 saturated carbocycles. The van der Waals surface area contributed by atoms with Crippen molar-refractivity contribution in [3.63, 3.8) is 0 Å². The van der Waals surface area contributed by atoms with Crippen molar-refractivity contribution in [2.45, 2.75) is 37.9 Å². The molecule has 0 aromatic heterocycles. The molecule has 3 rings (SSSR count). The summed E-state index contributed by atoms with van der Waals surface area (Å²) < 4.78 is 11.5. The fourth-order valence-electron chi connectivity index (χ4n) is 2.81. The van der Waals surface area contributed by atoms with E-state index in [9.17, 15) is 5.11 Å². The zero-order valence-electron chi connectivity index (χ0n) is 10.1. The minimum Gasteiger partial charge on any atom is -0.487 e. The van der Waals surface area contributed by atoms with E-state index < -0.39 is 6.10 Å². The first-order valence-corrected chi connectivity index (χ1v) is 6.24. The number of hydrogen-bond donors (Lipinski definition) is 1. The molecule has 1 N–H and O–H groups in total. The summed E-state index contributed by atoms with van der Waals surface area (Å²) in [6, 6.07) is 6.03. The molecule has 0 radical (unpaired) electrons. The molecule has 1 aromatic carbocycles. The van der Waals surface area contributed by atoms with E-state index in [2.05, 4.69) is 0 Å². The van der Waals surface area contributed by atoms with Crippen molar-refractivity contribution in [2.75, 3.05) is 13.2 Å². The first-order valence-electron chi connectivity index (χ1n) is 6.24. The predicted octanol–water partition coefficient (Wildman–Crippen LogP) is 2.36. The van der Waals surface area contributed by atoms with Crippen LogP contribution in [0.4, 0.5) is 0 Å². The molecule has 1 fully saturated rings. The summed E-state index contributed by atoms with van der Waals surface area (Å²) in [5.41, 5.74) is 1.89. The Balaban J connectivity index is 1.94. The van der Waals surface area contributed by atoms with E-state index >= 15 is 0 Å². The SMILES string of the molecule is Cc1ccc2c(c1)C(O)CC1(CCOCC1)O2. The molecule has 3 heteroatoms. The summed E-state index contributed by atoms with van der Waals surface area (Å²) >= 11 is 0. The predicted molar refractivity (Wildman–Crippen MR) is 64.2 cm³/mol. The van der Waals surface area contributed by atoms with Gasteiger partial charge in [0, 0.05) is 24.8 Å². The molecule has 0 aliphatic carbocycles. The molecule has 1 aromatic rings. The molecule has 1 spiro atoms. The lowest BCUT2D eigenvalue weighted by molar-refractivity contribution is -0.0839. The number of ether oxygens (including phenoxy) is 2. The molecule has 0 bridgehead atoms. The number of aliphatic hydroxyl groups excluding tert-OH is 1. The average molecular weight is 234 g/mol. The van der Waals surface area contributed by atoms with Crippen molar-refractivity contribution in [3.8, 4) is 5.75 Å². The summed E-state index contributed by atoms with van der Waals surface area (Å²) in [4.78, 5) is 0. The number of fused-ring (bicyclic) bond motifs is 1. The van der Waals surface area contributed by atoms with Gasteiger partial charge in [-0.05, 0) is 19.1 Å². The Hall–Kier alpha value is -1.06. The second-order valence-electron chi connectivity index (χ2n) is 5.16. The minimum atomic E-state index is -0.406. The van der Waals surface area contributed by atoms with Gasteiger partial charge in [-0.2, -0.15) is 0 Å². The Morgan fingerprint density at radius 2 is 2.06 bits per heavy atom. The summed E-state index contributed by atoms with van der Waals surface area (Å²) in [6.45, 7) is 3.49. The third kappa shape index (κ3) is 1.94. The van der Waals surface area contributed by atoms with Crippen LogP contribution in [0.15, 0.2) is 18.2 Å². The summed E-state index contributed by atoms with van der Waals surface area (Å²) in [5, 5.41) is 10.3. The number of aryl methyl sites for hydroxylation is 1. The average Bonchev–Trinajstić information content (AvgIpc) is 2.31. The van der Waals surface area contributed by atoms with Gasteiger partial charge in [-0.1, -0.05) is 11.6 Å². The van der Waals surface area contributed by atoms with Crippen LogP contribution in [-0.2, 0) is 4.74 Å². The van der Waals surface area contributed by atoms with Crippen LogP contribution in [0.3, 0.4) is 0 Å². The maximum absolute atomic E-state index is 10.3. The highest BCUT2D eigenvalue weighted by molar-refractivity contribution is 5.40. The van der Waals surface area contributed by atoms with Gasteiger partial charge in [0.1, 0.15) is 11.4 Å². The quantitative estimate of drug-likeness (QED) is 0.749. The van der Waals surface area contributed by atoms with Gasteiger partial charge in [-0.25, -0.2) is 0 Å².